The molecule has 1 amide bonds. The topological polar surface area (TPSA) is 66.8 Å². The number of carbonyl (C=O) groups is 1. The number of nitrogens with one attached hydrogen (secondary N) is 1. The zero-order chi connectivity index (χ0) is 20.5. The largest absolute Gasteiger partial charge is 0.338 e. The molecule has 2 aromatic heterocycles. The minimum Gasteiger partial charge on any atom is -0.338 e. The zero-order valence-electron chi connectivity index (χ0n) is 17.6. The Labute approximate surface area is 177 Å². The summed E-state index contributed by atoms with van der Waals surface area (Å²) in [4.78, 5) is 15.4. The Morgan fingerprint density at radius 3 is 2.63 bits per heavy atom. The highest BCUT2D eigenvalue weighted by Gasteiger charge is 2.29. The van der Waals surface area contributed by atoms with E-state index in [1.807, 2.05) is 22.7 Å². The number of amides is 1. The molecule has 5 rings (SSSR count). The van der Waals surface area contributed by atoms with Gasteiger partial charge in [0.15, 0.2) is 0 Å². The van der Waals surface area contributed by atoms with Crippen LogP contribution in [0.4, 0.5) is 0 Å². The second-order valence-corrected chi connectivity index (χ2v) is 8.59. The maximum Gasteiger partial charge on any atom is 0.257 e. The van der Waals surface area contributed by atoms with Crippen LogP contribution >= 0.6 is 0 Å². The Balaban J connectivity index is 1.38. The van der Waals surface area contributed by atoms with E-state index in [1.54, 1.807) is 6.20 Å². The third-order valence-electron chi connectivity index (χ3n) is 6.77. The van der Waals surface area contributed by atoms with E-state index >= 15 is 0 Å². The molecule has 1 N–H and O–H groups in total. The molecule has 156 valence electrons. The van der Waals surface area contributed by atoms with Crippen molar-refractivity contribution in [2.75, 3.05) is 13.1 Å². The maximum atomic E-state index is 13.4. The normalized spacial score (nSPS) is 17.6. The molecule has 2 aliphatic rings. The van der Waals surface area contributed by atoms with Gasteiger partial charge in [0.1, 0.15) is 0 Å². The molecule has 0 radical (unpaired) electrons. The molecule has 30 heavy (non-hydrogen) atoms. The second-order valence-electron chi connectivity index (χ2n) is 8.59. The highest BCUT2D eigenvalue weighted by Crippen LogP contribution is 2.34. The number of nitrogens with zero attached hydrogens (tertiary/aromatic N) is 4. The van der Waals surface area contributed by atoms with Crippen LogP contribution in [0.15, 0.2) is 36.5 Å². The number of rotatable bonds is 3. The van der Waals surface area contributed by atoms with Gasteiger partial charge in [0.25, 0.3) is 5.91 Å². The highest BCUT2D eigenvalue weighted by atomic mass is 16.2. The van der Waals surface area contributed by atoms with Crippen LogP contribution in [0.25, 0.3) is 11.3 Å². The molecule has 1 aromatic carbocycles. The summed E-state index contributed by atoms with van der Waals surface area (Å²) in [5, 5.41) is 12.2. The van der Waals surface area contributed by atoms with Gasteiger partial charge in [-0.25, -0.2) is 0 Å². The molecule has 0 unspecified atom stereocenters. The summed E-state index contributed by atoms with van der Waals surface area (Å²) >= 11 is 0. The van der Waals surface area contributed by atoms with Crippen LogP contribution in [0.3, 0.4) is 0 Å². The number of hydrogen-bond acceptors (Lipinski definition) is 3. The van der Waals surface area contributed by atoms with E-state index in [1.165, 1.54) is 30.5 Å². The van der Waals surface area contributed by atoms with Gasteiger partial charge in [0.05, 0.1) is 23.1 Å². The Morgan fingerprint density at radius 1 is 1.07 bits per heavy atom. The van der Waals surface area contributed by atoms with E-state index in [-0.39, 0.29) is 5.91 Å². The fourth-order valence-corrected chi connectivity index (χ4v) is 5.15. The second kappa shape index (κ2) is 8.09. The predicted molar refractivity (Wildman–Crippen MR) is 116 cm³/mol. The minimum atomic E-state index is 0.117. The molecular weight excluding hydrogens is 374 g/mol. The number of benzene rings is 1. The van der Waals surface area contributed by atoms with Crippen molar-refractivity contribution in [3.05, 3.63) is 59.0 Å². The standard InChI is InChI=1S/C24H29N5O/c1-28-21-13-15-29(14-12-19(21)23(27-28)18-10-6-3-7-11-18)24(30)20-16-25-26-22(20)17-8-4-2-5-9-17/h3,6-7,10-11,16-17H,2,4-5,8-9,12-15H2,1H3,(H,25,26). The summed E-state index contributed by atoms with van der Waals surface area (Å²) in [6.45, 7) is 1.43. The first kappa shape index (κ1) is 19.1. The van der Waals surface area contributed by atoms with E-state index in [0.717, 1.165) is 54.7 Å². The van der Waals surface area contributed by atoms with Gasteiger partial charge in [-0.2, -0.15) is 10.2 Å². The number of aryl methyl sites for hydroxylation is 1. The Kier molecular flexibility index (Phi) is 5.15. The predicted octanol–water partition coefficient (Wildman–Crippen LogP) is 4.10. The first-order valence-electron chi connectivity index (χ1n) is 11.1. The smallest absolute Gasteiger partial charge is 0.257 e. The lowest BCUT2D eigenvalue weighted by molar-refractivity contribution is 0.0760. The maximum absolute atomic E-state index is 13.4. The molecule has 0 saturated heterocycles. The van der Waals surface area contributed by atoms with Crippen LogP contribution in [0, 0.1) is 0 Å². The molecule has 0 atom stereocenters. The number of H-pyrrole nitrogens is 1. The van der Waals surface area contributed by atoms with E-state index in [2.05, 4.69) is 34.5 Å². The Hall–Kier alpha value is -2.89. The highest BCUT2D eigenvalue weighted by molar-refractivity contribution is 5.95. The van der Waals surface area contributed by atoms with Crippen LogP contribution in [0.1, 0.15) is 65.3 Å². The van der Waals surface area contributed by atoms with Gasteiger partial charge < -0.3 is 4.90 Å². The quantitative estimate of drug-likeness (QED) is 0.716. The molecule has 0 spiro atoms. The molecule has 3 aromatic rings. The number of aromatic nitrogens is 4. The molecule has 1 saturated carbocycles. The van der Waals surface area contributed by atoms with Crippen molar-refractivity contribution >= 4 is 5.91 Å². The van der Waals surface area contributed by atoms with Gasteiger partial charge >= 0.3 is 0 Å². The summed E-state index contributed by atoms with van der Waals surface area (Å²) < 4.78 is 2.00. The van der Waals surface area contributed by atoms with Crippen LogP contribution < -0.4 is 0 Å². The fraction of sp³-hybridized carbons (Fsp3) is 0.458. The summed E-state index contributed by atoms with van der Waals surface area (Å²) in [5.41, 5.74) is 6.53. The van der Waals surface area contributed by atoms with Crippen molar-refractivity contribution in [1.82, 2.24) is 24.9 Å². The lowest BCUT2D eigenvalue weighted by Crippen LogP contribution is -2.34. The van der Waals surface area contributed by atoms with Gasteiger partial charge in [0.2, 0.25) is 0 Å². The third-order valence-corrected chi connectivity index (χ3v) is 6.77. The first-order chi connectivity index (χ1) is 14.7. The summed E-state index contributed by atoms with van der Waals surface area (Å²) in [7, 11) is 2.01. The third kappa shape index (κ3) is 3.44. The fourth-order valence-electron chi connectivity index (χ4n) is 5.15. The molecule has 6 nitrogen and oxygen atoms in total. The first-order valence-corrected chi connectivity index (χ1v) is 11.1. The number of fused-ring (bicyclic) bond motifs is 1. The number of aromatic amines is 1. The zero-order valence-corrected chi connectivity index (χ0v) is 17.6. The van der Waals surface area contributed by atoms with Crippen LogP contribution in [0.5, 0.6) is 0 Å². The average Bonchev–Trinajstić information content (AvgIpc) is 3.33. The van der Waals surface area contributed by atoms with E-state index in [4.69, 9.17) is 5.10 Å². The Morgan fingerprint density at radius 2 is 1.83 bits per heavy atom. The molecule has 3 heterocycles. The van der Waals surface area contributed by atoms with Crippen LogP contribution in [-0.4, -0.2) is 43.9 Å². The van der Waals surface area contributed by atoms with Crippen molar-refractivity contribution < 1.29 is 4.79 Å². The van der Waals surface area contributed by atoms with Gasteiger partial charge in [-0.05, 0) is 19.3 Å². The average molecular weight is 404 g/mol. The molecule has 1 aliphatic carbocycles. The lowest BCUT2D eigenvalue weighted by Gasteiger charge is -2.24. The molecule has 1 fully saturated rings. The molecule has 0 bridgehead atoms. The van der Waals surface area contributed by atoms with Gasteiger partial charge in [-0.3, -0.25) is 14.6 Å². The van der Waals surface area contributed by atoms with Crippen molar-refractivity contribution in [3.63, 3.8) is 0 Å². The van der Waals surface area contributed by atoms with Crippen molar-refractivity contribution in [1.29, 1.82) is 0 Å². The SMILES string of the molecule is Cn1nc(-c2ccccc2)c2c1CCN(C(=O)c1cn[nH]c1C1CCCCC1)CC2. The monoisotopic (exact) mass is 403 g/mol. The summed E-state index contributed by atoms with van der Waals surface area (Å²) in [6.07, 6.45) is 9.48. The molecular formula is C24H29N5O. The lowest BCUT2D eigenvalue weighted by atomic mass is 9.85. The van der Waals surface area contributed by atoms with Gasteiger partial charge in [0, 0.05) is 49.3 Å². The van der Waals surface area contributed by atoms with Gasteiger partial charge in [-0.15, -0.1) is 0 Å². The van der Waals surface area contributed by atoms with Crippen LogP contribution in [0.2, 0.25) is 0 Å². The molecule has 1 aliphatic heterocycles. The summed E-state index contributed by atoms with van der Waals surface area (Å²) in [6, 6.07) is 10.3. The number of carbonyl (C=O) groups excluding carboxylic acids is 1. The molecule has 6 heteroatoms. The van der Waals surface area contributed by atoms with Crippen molar-refractivity contribution in [2.45, 2.75) is 50.9 Å². The van der Waals surface area contributed by atoms with Crippen molar-refractivity contribution in [3.8, 4) is 11.3 Å². The minimum absolute atomic E-state index is 0.117. The number of hydrogen-bond donors (Lipinski definition) is 1. The van der Waals surface area contributed by atoms with Crippen LogP contribution in [-0.2, 0) is 19.9 Å². The Bertz CT molecular complexity index is 1030. The van der Waals surface area contributed by atoms with Crippen molar-refractivity contribution in [2.24, 2.45) is 7.05 Å². The van der Waals surface area contributed by atoms with E-state index in [0.29, 0.717) is 12.5 Å². The summed E-state index contributed by atoms with van der Waals surface area (Å²) in [5.74, 6) is 0.560. The van der Waals surface area contributed by atoms with E-state index < -0.39 is 0 Å². The van der Waals surface area contributed by atoms with E-state index in [9.17, 15) is 4.79 Å². The van der Waals surface area contributed by atoms with Gasteiger partial charge in [-0.1, -0.05) is 49.6 Å².